The molecule has 148 valence electrons. The summed E-state index contributed by atoms with van der Waals surface area (Å²) in [6.07, 6.45) is 0. The number of halogens is 1. The van der Waals surface area contributed by atoms with Crippen LogP contribution in [0.5, 0.6) is 0 Å². The zero-order valence-electron chi connectivity index (χ0n) is 15.6. The molecule has 0 atom stereocenters. The number of anilines is 1. The number of H-pyrrole nitrogens is 1. The van der Waals surface area contributed by atoms with Gasteiger partial charge in [-0.15, -0.1) is 5.10 Å². The van der Waals surface area contributed by atoms with E-state index in [1.807, 2.05) is 36.4 Å². The zero-order chi connectivity index (χ0) is 20.5. The molecular weight excluding hydrogens is 403 g/mol. The number of aromatic nitrogens is 3. The quantitative estimate of drug-likeness (QED) is 0.381. The van der Waals surface area contributed by atoms with Crippen molar-refractivity contribution in [3.63, 3.8) is 0 Å². The summed E-state index contributed by atoms with van der Waals surface area (Å²) in [7, 11) is 0. The van der Waals surface area contributed by atoms with Crippen molar-refractivity contribution in [2.45, 2.75) is 5.16 Å². The summed E-state index contributed by atoms with van der Waals surface area (Å²) in [5, 5.41) is 12.0. The van der Waals surface area contributed by atoms with E-state index in [2.05, 4.69) is 20.5 Å². The molecule has 3 aromatic carbocycles. The molecule has 1 amide bonds. The summed E-state index contributed by atoms with van der Waals surface area (Å²) in [6, 6.07) is 19.4. The SMILES string of the molecule is O=C(CSc1n[nH]c(-c2ccccc2)n1)Nc1ccc2oc3cc(F)ccc3c2c1. The van der Waals surface area contributed by atoms with Crippen molar-refractivity contribution >= 4 is 45.3 Å². The van der Waals surface area contributed by atoms with Crippen LogP contribution >= 0.6 is 11.8 Å². The first-order valence-corrected chi connectivity index (χ1v) is 10.2. The molecule has 0 spiro atoms. The van der Waals surface area contributed by atoms with Gasteiger partial charge in [0.1, 0.15) is 17.0 Å². The number of nitrogens with zero attached hydrogens (tertiary/aromatic N) is 2. The topological polar surface area (TPSA) is 83.8 Å². The highest BCUT2D eigenvalue weighted by atomic mass is 32.2. The van der Waals surface area contributed by atoms with Gasteiger partial charge in [0, 0.05) is 28.1 Å². The molecule has 0 aliphatic carbocycles. The number of hydrogen-bond donors (Lipinski definition) is 2. The molecule has 0 saturated carbocycles. The number of amides is 1. The number of benzene rings is 3. The van der Waals surface area contributed by atoms with Gasteiger partial charge in [-0.25, -0.2) is 9.37 Å². The second kappa shape index (κ2) is 7.64. The maximum atomic E-state index is 13.4. The first-order valence-electron chi connectivity index (χ1n) is 9.18. The van der Waals surface area contributed by atoms with Crippen LogP contribution in [0.3, 0.4) is 0 Å². The van der Waals surface area contributed by atoms with Crippen molar-refractivity contribution < 1.29 is 13.6 Å². The third-order valence-corrected chi connectivity index (χ3v) is 5.41. The molecule has 0 unspecified atom stereocenters. The lowest BCUT2D eigenvalue weighted by Crippen LogP contribution is -2.14. The number of fused-ring (bicyclic) bond motifs is 3. The molecule has 0 aliphatic rings. The summed E-state index contributed by atoms with van der Waals surface area (Å²) in [4.78, 5) is 16.8. The fourth-order valence-electron chi connectivity index (χ4n) is 3.19. The molecule has 0 fully saturated rings. The Balaban J connectivity index is 1.27. The molecule has 6 nitrogen and oxygen atoms in total. The Labute approximate surface area is 174 Å². The van der Waals surface area contributed by atoms with Crippen molar-refractivity contribution in [2.24, 2.45) is 0 Å². The fraction of sp³-hybridized carbons (Fsp3) is 0.0455. The van der Waals surface area contributed by atoms with Gasteiger partial charge >= 0.3 is 0 Å². The van der Waals surface area contributed by atoms with Crippen LogP contribution in [-0.4, -0.2) is 26.8 Å². The highest BCUT2D eigenvalue weighted by Gasteiger charge is 2.12. The second-order valence-corrected chi connectivity index (χ2v) is 7.57. The summed E-state index contributed by atoms with van der Waals surface area (Å²) >= 11 is 1.25. The van der Waals surface area contributed by atoms with E-state index in [4.69, 9.17) is 4.42 Å². The lowest BCUT2D eigenvalue weighted by Gasteiger charge is -2.04. The van der Waals surface area contributed by atoms with Gasteiger partial charge < -0.3 is 9.73 Å². The molecule has 0 saturated heterocycles. The number of carbonyl (C=O) groups excluding carboxylic acids is 1. The van der Waals surface area contributed by atoms with Crippen molar-refractivity contribution in [1.29, 1.82) is 0 Å². The molecule has 2 aromatic heterocycles. The minimum Gasteiger partial charge on any atom is -0.456 e. The van der Waals surface area contributed by atoms with E-state index in [0.29, 0.717) is 27.8 Å². The molecular formula is C22H15FN4O2S. The number of furan rings is 1. The monoisotopic (exact) mass is 418 g/mol. The van der Waals surface area contributed by atoms with E-state index in [0.717, 1.165) is 16.3 Å². The van der Waals surface area contributed by atoms with E-state index >= 15 is 0 Å². The van der Waals surface area contributed by atoms with E-state index in [-0.39, 0.29) is 17.5 Å². The van der Waals surface area contributed by atoms with Gasteiger partial charge in [0.15, 0.2) is 5.82 Å². The molecule has 5 rings (SSSR count). The third-order valence-electron chi connectivity index (χ3n) is 4.56. The first kappa shape index (κ1) is 18.4. The molecule has 2 heterocycles. The molecule has 5 aromatic rings. The average molecular weight is 418 g/mol. The highest BCUT2D eigenvalue weighted by molar-refractivity contribution is 7.99. The maximum absolute atomic E-state index is 13.4. The number of thioether (sulfide) groups is 1. The lowest BCUT2D eigenvalue weighted by molar-refractivity contribution is -0.113. The third kappa shape index (κ3) is 3.65. The lowest BCUT2D eigenvalue weighted by atomic mass is 10.1. The van der Waals surface area contributed by atoms with E-state index in [1.165, 1.54) is 23.9 Å². The Morgan fingerprint density at radius 1 is 1.03 bits per heavy atom. The van der Waals surface area contributed by atoms with E-state index in [9.17, 15) is 9.18 Å². The molecule has 8 heteroatoms. The van der Waals surface area contributed by atoms with Crippen molar-refractivity contribution in [3.8, 4) is 11.4 Å². The van der Waals surface area contributed by atoms with Crippen molar-refractivity contribution in [2.75, 3.05) is 11.1 Å². The Hall–Kier alpha value is -3.65. The van der Waals surface area contributed by atoms with E-state index in [1.54, 1.807) is 18.2 Å². The normalized spacial score (nSPS) is 11.2. The Morgan fingerprint density at radius 3 is 2.77 bits per heavy atom. The Bertz CT molecular complexity index is 1360. The molecule has 0 aliphatic heterocycles. The number of carbonyl (C=O) groups is 1. The van der Waals surface area contributed by atoms with Crippen LogP contribution in [0.1, 0.15) is 0 Å². The van der Waals surface area contributed by atoms with Crippen LogP contribution in [0.25, 0.3) is 33.3 Å². The van der Waals surface area contributed by atoms with Gasteiger partial charge in [0.2, 0.25) is 11.1 Å². The van der Waals surface area contributed by atoms with Crippen LogP contribution in [0.4, 0.5) is 10.1 Å². The summed E-state index contributed by atoms with van der Waals surface area (Å²) in [6.45, 7) is 0. The van der Waals surface area contributed by atoms with Crippen LogP contribution < -0.4 is 5.32 Å². The van der Waals surface area contributed by atoms with Gasteiger partial charge in [-0.3, -0.25) is 9.89 Å². The Kier molecular flexibility index (Phi) is 4.68. The molecule has 0 radical (unpaired) electrons. The van der Waals surface area contributed by atoms with Gasteiger partial charge in [-0.2, -0.15) is 0 Å². The second-order valence-electron chi connectivity index (χ2n) is 6.62. The van der Waals surface area contributed by atoms with Gasteiger partial charge in [0.05, 0.1) is 5.75 Å². The number of nitrogens with one attached hydrogen (secondary N) is 2. The Morgan fingerprint density at radius 2 is 1.90 bits per heavy atom. The summed E-state index contributed by atoms with van der Waals surface area (Å²) in [5.74, 6) is 0.299. The van der Waals surface area contributed by atoms with Crippen LogP contribution in [-0.2, 0) is 4.79 Å². The van der Waals surface area contributed by atoms with Crippen molar-refractivity contribution in [1.82, 2.24) is 15.2 Å². The fourth-order valence-corrected chi connectivity index (χ4v) is 3.79. The minimum absolute atomic E-state index is 0.168. The van der Waals surface area contributed by atoms with E-state index < -0.39 is 0 Å². The summed E-state index contributed by atoms with van der Waals surface area (Å²) < 4.78 is 19.1. The largest absolute Gasteiger partial charge is 0.456 e. The van der Waals surface area contributed by atoms with Crippen LogP contribution in [0.15, 0.2) is 76.3 Å². The maximum Gasteiger partial charge on any atom is 0.234 e. The summed E-state index contributed by atoms with van der Waals surface area (Å²) in [5.41, 5.74) is 2.68. The predicted octanol–water partition coefficient (Wildman–Crippen LogP) is 5.24. The first-order chi connectivity index (χ1) is 14.7. The smallest absolute Gasteiger partial charge is 0.234 e. The highest BCUT2D eigenvalue weighted by Crippen LogP contribution is 2.31. The predicted molar refractivity (Wildman–Crippen MR) is 115 cm³/mol. The molecule has 0 bridgehead atoms. The average Bonchev–Trinajstić information content (AvgIpc) is 3.37. The standard InChI is InChI=1S/C22H15FN4O2S/c23-14-6-8-16-17-11-15(7-9-18(17)29-19(16)10-14)24-20(28)12-30-22-25-21(26-27-22)13-4-2-1-3-5-13/h1-11H,12H2,(H,24,28)(H,25,26,27). The number of aromatic amines is 1. The van der Waals surface area contributed by atoms with Gasteiger partial charge in [0.25, 0.3) is 0 Å². The van der Waals surface area contributed by atoms with Gasteiger partial charge in [-0.05, 0) is 30.3 Å². The molecule has 2 N–H and O–H groups in total. The van der Waals surface area contributed by atoms with Crippen LogP contribution in [0, 0.1) is 5.82 Å². The number of rotatable bonds is 5. The zero-order valence-corrected chi connectivity index (χ0v) is 16.4. The number of hydrogen-bond acceptors (Lipinski definition) is 5. The van der Waals surface area contributed by atoms with Crippen LogP contribution in [0.2, 0.25) is 0 Å². The van der Waals surface area contributed by atoms with Gasteiger partial charge in [-0.1, -0.05) is 42.1 Å². The minimum atomic E-state index is -0.352. The van der Waals surface area contributed by atoms with Crippen molar-refractivity contribution in [3.05, 3.63) is 72.5 Å². The molecule has 30 heavy (non-hydrogen) atoms.